The molecule has 0 bridgehead atoms. The molecule has 1 unspecified atom stereocenters. The van der Waals surface area contributed by atoms with Crippen LogP contribution in [-0.2, 0) is 6.42 Å². The van der Waals surface area contributed by atoms with Crippen molar-refractivity contribution in [3.05, 3.63) is 58.6 Å². The third-order valence-electron chi connectivity index (χ3n) is 5.58. The SMILES string of the molecule is CC(C)c1ccc(-n2nc(-c3cccs3)c3c2CC(C)(C)C(C#N)C3=O)cc1. The maximum atomic E-state index is 13.3. The molecule has 0 fully saturated rings. The number of hydrogen-bond acceptors (Lipinski definition) is 4. The topological polar surface area (TPSA) is 58.7 Å². The third kappa shape index (κ3) is 2.89. The van der Waals surface area contributed by atoms with Gasteiger partial charge in [-0.2, -0.15) is 10.4 Å². The molecule has 142 valence electrons. The van der Waals surface area contributed by atoms with Gasteiger partial charge in [-0.25, -0.2) is 4.68 Å². The number of Topliss-reactive ketones (excluding diaryl/α,β-unsaturated/α-hetero) is 1. The number of fused-ring (bicyclic) bond motifs is 1. The molecule has 2 heterocycles. The fourth-order valence-corrected chi connectivity index (χ4v) is 4.66. The average molecular weight is 390 g/mol. The second kappa shape index (κ2) is 6.72. The summed E-state index contributed by atoms with van der Waals surface area (Å²) in [6.45, 7) is 8.32. The van der Waals surface area contributed by atoms with Crippen LogP contribution in [0.4, 0.5) is 0 Å². The predicted octanol–water partition coefficient (Wildman–Crippen LogP) is 5.63. The highest BCUT2D eigenvalue weighted by molar-refractivity contribution is 7.13. The first kappa shape index (κ1) is 18.6. The van der Waals surface area contributed by atoms with Crippen molar-refractivity contribution in [3.8, 4) is 22.3 Å². The van der Waals surface area contributed by atoms with E-state index in [0.717, 1.165) is 16.3 Å². The number of nitriles is 1. The minimum absolute atomic E-state index is 0.109. The maximum Gasteiger partial charge on any atom is 0.184 e. The van der Waals surface area contributed by atoms with Crippen molar-refractivity contribution < 1.29 is 4.79 Å². The van der Waals surface area contributed by atoms with E-state index in [1.165, 1.54) is 5.56 Å². The predicted molar refractivity (Wildman–Crippen MR) is 112 cm³/mol. The Morgan fingerprint density at radius 3 is 2.54 bits per heavy atom. The van der Waals surface area contributed by atoms with E-state index in [2.05, 4.69) is 44.2 Å². The molecule has 1 aromatic carbocycles. The van der Waals surface area contributed by atoms with E-state index in [1.54, 1.807) is 11.3 Å². The summed E-state index contributed by atoms with van der Waals surface area (Å²) < 4.78 is 1.90. The van der Waals surface area contributed by atoms with Crippen molar-refractivity contribution in [2.75, 3.05) is 0 Å². The summed E-state index contributed by atoms with van der Waals surface area (Å²) in [7, 11) is 0. The zero-order chi connectivity index (χ0) is 20.1. The molecular formula is C23H23N3OS. The molecule has 0 amide bonds. The summed E-state index contributed by atoms with van der Waals surface area (Å²) >= 11 is 1.56. The molecular weight excluding hydrogens is 366 g/mol. The van der Waals surface area contributed by atoms with E-state index in [4.69, 9.17) is 5.10 Å². The van der Waals surface area contributed by atoms with Gasteiger partial charge in [0.25, 0.3) is 0 Å². The van der Waals surface area contributed by atoms with Crippen LogP contribution in [0.5, 0.6) is 0 Å². The van der Waals surface area contributed by atoms with Gasteiger partial charge in [0, 0.05) is 0 Å². The van der Waals surface area contributed by atoms with Crippen molar-refractivity contribution in [3.63, 3.8) is 0 Å². The van der Waals surface area contributed by atoms with Gasteiger partial charge in [-0.15, -0.1) is 11.3 Å². The number of ketones is 1. The standard InChI is InChI=1S/C23H23N3OS/c1-14(2)15-7-9-16(10-8-15)26-18-12-23(3,4)17(13-24)22(27)20(18)21(25-26)19-6-5-11-28-19/h5-11,14,17H,12H2,1-4H3. The van der Waals surface area contributed by atoms with Gasteiger partial charge in [0.2, 0.25) is 0 Å². The lowest BCUT2D eigenvalue weighted by Crippen LogP contribution is -2.37. The molecule has 0 saturated carbocycles. The van der Waals surface area contributed by atoms with Crippen molar-refractivity contribution in [2.45, 2.75) is 40.0 Å². The Morgan fingerprint density at radius 1 is 1.25 bits per heavy atom. The lowest BCUT2D eigenvalue weighted by molar-refractivity contribution is 0.0835. The van der Waals surface area contributed by atoms with Gasteiger partial charge in [0.05, 0.1) is 27.9 Å². The van der Waals surface area contributed by atoms with Crippen LogP contribution in [0.2, 0.25) is 0 Å². The van der Waals surface area contributed by atoms with Gasteiger partial charge >= 0.3 is 0 Å². The Balaban J connectivity index is 1.93. The molecule has 0 saturated heterocycles. The minimum Gasteiger partial charge on any atom is -0.293 e. The molecule has 0 N–H and O–H groups in total. The van der Waals surface area contributed by atoms with Crippen LogP contribution in [0.25, 0.3) is 16.3 Å². The first-order valence-corrected chi connectivity index (χ1v) is 10.4. The molecule has 1 aliphatic carbocycles. The van der Waals surface area contributed by atoms with Crippen molar-refractivity contribution in [1.82, 2.24) is 9.78 Å². The summed E-state index contributed by atoms with van der Waals surface area (Å²) in [5, 5.41) is 16.5. The third-order valence-corrected chi connectivity index (χ3v) is 6.46. The average Bonchev–Trinajstić information content (AvgIpc) is 3.29. The molecule has 5 heteroatoms. The summed E-state index contributed by atoms with van der Waals surface area (Å²) in [5.74, 6) is -0.305. The highest BCUT2D eigenvalue weighted by Gasteiger charge is 2.45. The number of nitrogens with zero attached hydrogens (tertiary/aromatic N) is 3. The maximum absolute atomic E-state index is 13.3. The van der Waals surface area contributed by atoms with Crippen LogP contribution < -0.4 is 0 Å². The van der Waals surface area contributed by atoms with Gasteiger partial charge in [-0.1, -0.05) is 45.9 Å². The number of benzene rings is 1. The fourth-order valence-electron chi connectivity index (χ4n) is 3.94. The summed E-state index contributed by atoms with van der Waals surface area (Å²) in [4.78, 5) is 14.3. The number of aromatic nitrogens is 2. The Hall–Kier alpha value is -2.71. The Kier molecular flexibility index (Phi) is 4.47. The quantitative estimate of drug-likeness (QED) is 0.583. The lowest BCUT2D eigenvalue weighted by atomic mass is 9.68. The Bertz CT molecular complexity index is 1070. The molecule has 0 spiro atoms. The summed E-state index contributed by atoms with van der Waals surface area (Å²) in [6.07, 6.45) is 0.636. The van der Waals surface area contributed by atoms with Gasteiger partial charge < -0.3 is 0 Å². The zero-order valence-corrected chi connectivity index (χ0v) is 17.4. The van der Waals surface area contributed by atoms with Crippen molar-refractivity contribution in [1.29, 1.82) is 5.26 Å². The van der Waals surface area contributed by atoms with Crippen LogP contribution in [0.3, 0.4) is 0 Å². The highest BCUT2D eigenvalue weighted by Crippen LogP contribution is 2.43. The molecule has 4 nitrogen and oxygen atoms in total. The van der Waals surface area contributed by atoms with Gasteiger partial charge in [0.15, 0.2) is 5.78 Å². The molecule has 28 heavy (non-hydrogen) atoms. The number of carbonyl (C=O) groups excluding carboxylic acids is 1. The molecule has 2 aromatic heterocycles. The van der Waals surface area contributed by atoms with E-state index < -0.39 is 11.3 Å². The Morgan fingerprint density at radius 2 is 1.96 bits per heavy atom. The van der Waals surface area contributed by atoms with E-state index in [1.807, 2.05) is 36.0 Å². The molecule has 1 atom stereocenters. The van der Waals surface area contributed by atoms with E-state index in [9.17, 15) is 10.1 Å². The van der Waals surface area contributed by atoms with Crippen LogP contribution in [0.1, 0.15) is 55.2 Å². The van der Waals surface area contributed by atoms with Crippen LogP contribution in [-0.4, -0.2) is 15.6 Å². The normalized spacial score (nSPS) is 18.1. The Labute approximate surface area is 169 Å². The molecule has 0 radical (unpaired) electrons. The number of carbonyl (C=O) groups is 1. The fraction of sp³-hybridized carbons (Fsp3) is 0.348. The minimum atomic E-state index is -0.653. The van der Waals surface area contributed by atoms with Gasteiger partial charge in [0.1, 0.15) is 11.6 Å². The second-order valence-corrected chi connectivity index (χ2v) is 9.35. The van der Waals surface area contributed by atoms with E-state index in [-0.39, 0.29) is 5.78 Å². The van der Waals surface area contributed by atoms with Crippen LogP contribution in [0, 0.1) is 22.7 Å². The number of rotatable bonds is 3. The molecule has 3 aromatic rings. The van der Waals surface area contributed by atoms with Gasteiger partial charge in [-0.05, 0) is 46.9 Å². The van der Waals surface area contributed by atoms with E-state index in [0.29, 0.717) is 23.6 Å². The second-order valence-electron chi connectivity index (χ2n) is 8.40. The summed E-state index contributed by atoms with van der Waals surface area (Å²) in [5.41, 5.74) is 4.00. The highest BCUT2D eigenvalue weighted by atomic mass is 32.1. The molecule has 0 aliphatic heterocycles. The summed E-state index contributed by atoms with van der Waals surface area (Å²) in [6, 6.07) is 14.5. The molecule has 1 aliphatic rings. The van der Waals surface area contributed by atoms with Crippen LogP contribution >= 0.6 is 11.3 Å². The van der Waals surface area contributed by atoms with Crippen molar-refractivity contribution in [2.24, 2.45) is 11.3 Å². The van der Waals surface area contributed by atoms with Crippen molar-refractivity contribution >= 4 is 17.1 Å². The largest absolute Gasteiger partial charge is 0.293 e. The first-order chi connectivity index (χ1) is 13.3. The van der Waals surface area contributed by atoms with E-state index >= 15 is 0 Å². The number of hydrogen-bond donors (Lipinski definition) is 0. The monoisotopic (exact) mass is 389 g/mol. The number of thiophene rings is 1. The zero-order valence-electron chi connectivity index (χ0n) is 16.6. The smallest absolute Gasteiger partial charge is 0.184 e. The first-order valence-electron chi connectivity index (χ1n) is 9.53. The van der Waals surface area contributed by atoms with Gasteiger partial charge in [-0.3, -0.25) is 4.79 Å². The van der Waals surface area contributed by atoms with Crippen LogP contribution in [0.15, 0.2) is 41.8 Å². The lowest BCUT2D eigenvalue weighted by Gasteiger charge is -2.33. The molecule has 4 rings (SSSR count).